The lowest BCUT2D eigenvalue weighted by atomic mass is 10.0. The second-order valence-corrected chi connectivity index (χ2v) is 16.1. The summed E-state index contributed by atoms with van der Waals surface area (Å²) >= 11 is 1.64. The third kappa shape index (κ3) is 18.1. The first-order valence-corrected chi connectivity index (χ1v) is 22.7. The number of carbonyl (C=O) groups excluding carboxylic acids is 3. The molecule has 2 heterocycles. The first-order valence-electron chi connectivity index (χ1n) is 21.5. The van der Waals surface area contributed by atoms with Crippen molar-refractivity contribution in [2.75, 3.05) is 88.5 Å². The van der Waals surface area contributed by atoms with Crippen molar-refractivity contribution in [1.82, 2.24) is 15.6 Å². The Labute approximate surface area is 380 Å². The van der Waals surface area contributed by atoms with Gasteiger partial charge in [-0.05, 0) is 85.0 Å². The van der Waals surface area contributed by atoms with E-state index in [1.165, 1.54) is 24.4 Å². The molecule has 1 aliphatic heterocycles. The van der Waals surface area contributed by atoms with Crippen molar-refractivity contribution in [2.24, 2.45) is 0 Å². The summed E-state index contributed by atoms with van der Waals surface area (Å²) in [4.78, 5) is 56.4. The van der Waals surface area contributed by atoms with Gasteiger partial charge in [0.15, 0.2) is 0 Å². The maximum atomic E-state index is 13.7. The molecule has 1 saturated heterocycles. The van der Waals surface area contributed by atoms with Gasteiger partial charge >= 0.3 is 12.1 Å². The Bertz CT molecular complexity index is 2160. The molecule has 1 aromatic heterocycles. The fourth-order valence-electron chi connectivity index (χ4n) is 6.69. The highest BCUT2D eigenvalue weighted by Crippen LogP contribution is 2.34. The lowest BCUT2D eigenvalue weighted by molar-refractivity contribution is -0.139. The Hall–Kier alpha value is -5.53. The summed E-state index contributed by atoms with van der Waals surface area (Å²) in [6.07, 6.45) is 0.446. The smallest absolute Gasteiger partial charge is 0.416 e. The van der Waals surface area contributed by atoms with E-state index in [1.54, 1.807) is 23.9 Å². The summed E-state index contributed by atoms with van der Waals surface area (Å²) < 4.78 is 61.3. The number of aliphatic carboxylic acids is 1. The van der Waals surface area contributed by atoms with Crippen LogP contribution in [0.25, 0.3) is 11.3 Å². The molecule has 4 N–H and O–H groups in total. The minimum absolute atomic E-state index is 0.0440. The second-order valence-electron chi connectivity index (χ2n) is 15.0. The monoisotopic (exact) mass is 923 g/mol. The molecule has 1 fully saturated rings. The van der Waals surface area contributed by atoms with Crippen LogP contribution in [-0.4, -0.2) is 112 Å². The number of rotatable bonds is 27. The van der Waals surface area contributed by atoms with Gasteiger partial charge in [0.2, 0.25) is 5.91 Å². The average molecular weight is 924 g/mol. The molecule has 0 aliphatic carbocycles. The number of alkyl halides is 3. The van der Waals surface area contributed by atoms with Crippen molar-refractivity contribution in [1.29, 1.82) is 0 Å². The molecule has 0 unspecified atom stereocenters. The quantitative estimate of drug-likeness (QED) is 0.0443. The molecule has 0 bridgehead atoms. The molecule has 0 spiro atoms. The summed E-state index contributed by atoms with van der Waals surface area (Å²) in [5, 5.41) is 17.1. The maximum absolute atomic E-state index is 13.7. The Balaban J connectivity index is 1.06. The molecule has 14 nitrogen and oxygen atoms in total. The van der Waals surface area contributed by atoms with Crippen molar-refractivity contribution in [3.8, 4) is 11.3 Å². The Kier molecular flexibility index (Phi) is 21.0. The number of thioether (sulfide) groups is 1. The van der Waals surface area contributed by atoms with Crippen molar-refractivity contribution >= 4 is 46.8 Å². The third-order valence-electron chi connectivity index (χ3n) is 10.1. The Morgan fingerprint density at radius 2 is 1.40 bits per heavy atom. The van der Waals surface area contributed by atoms with Crippen LogP contribution in [0.1, 0.15) is 69.5 Å². The molecule has 65 heavy (non-hydrogen) atoms. The number of carboxylic acids is 1. The minimum Gasteiger partial charge on any atom is -0.481 e. The largest absolute Gasteiger partial charge is 0.481 e. The van der Waals surface area contributed by atoms with E-state index >= 15 is 0 Å². The summed E-state index contributed by atoms with van der Waals surface area (Å²) in [7, 11) is 0. The van der Waals surface area contributed by atoms with Gasteiger partial charge in [0, 0.05) is 72.7 Å². The maximum Gasteiger partial charge on any atom is 0.416 e. The van der Waals surface area contributed by atoms with Gasteiger partial charge in [-0.3, -0.25) is 24.2 Å². The van der Waals surface area contributed by atoms with E-state index in [2.05, 4.69) is 25.8 Å². The molecule has 350 valence electrons. The number of piperidine rings is 1. The fourth-order valence-corrected chi connectivity index (χ4v) is 7.48. The molecular formula is C47H56F3N5O9S. The Morgan fingerprint density at radius 3 is 2.17 bits per heavy atom. The topological polar surface area (TPSA) is 178 Å². The zero-order valence-electron chi connectivity index (χ0n) is 36.2. The average Bonchev–Trinajstić information content (AvgIpc) is 3.31. The predicted molar refractivity (Wildman–Crippen MR) is 242 cm³/mol. The lowest BCUT2D eigenvalue weighted by Gasteiger charge is -2.29. The van der Waals surface area contributed by atoms with Gasteiger partial charge in [0.05, 0.1) is 76.2 Å². The third-order valence-corrected chi connectivity index (χ3v) is 11.0. The molecule has 0 saturated carbocycles. The van der Waals surface area contributed by atoms with Crippen molar-refractivity contribution < 1.29 is 56.4 Å². The number of ether oxygens (including phenoxy) is 4. The second kappa shape index (κ2) is 27.1. The van der Waals surface area contributed by atoms with Gasteiger partial charge in [-0.25, -0.2) is 0 Å². The highest BCUT2D eigenvalue weighted by Gasteiger charge is 2.30. The zero-order chi connectivity index (χ0) is 46.3. The highest BCUT2D eigenvalue weighted by molar-refractivity contribution is 7.98. The molecule has 3 amide bonds. The minimum atomic E-state index is -4.50. The normalized spacial score (nSPS) is 12.8. The van der Waals surface area contributed by atoms with Crippen LogP contribution in [0.15, 0.2) is 85.1 Å². The van der Waals surface area contributed by atoms with Crippen molar-refractivity contribution in [2.45, 2.75) is 50.6 Å². The number of benzene rings is 3. The van der Waals surface area contributed by atoms with Crippen LogP contribution in [-0.2, 0) is 47.0 Å². The van der Waals surface area contributed by atoms with Gasteiger partial charge in [-0.2, -0.15) is 24.9 Å². The summed E-state index contributed by atoms with van der Waals surface area (Å²) in [6, 6.07) is 21.1. The standard InChI is InChI=1S/C47H56F3N5O9S/c48-47(49,50)38-9-5-6-34(29-38)32-53-45(59)37-12-15-51-42(30-37)40-31-39(55-17-2-1-3-18-55)10-11-41(40)54-46(60)36-8-4-7-35(28-36)33-65-27-26-62-19-13-43(56)52-16-21-63-23-25-64-24-22-61-20-14-44(57)58/h4-12,15,28-31H,1-3,13-14,16-27,32-33H2,(H,52,56)(H,53,59)(H,54,60)(H,57,58). The van der Waals surface area contributed by atoms with Crippen LogP contribution in [0.3, 0.4) is 0 Å². The van der Waals surface area contributed by atoms with Crippen molar-refractivity contribution in [3.63, 3.8) is 0 Å². The van der Waals surface area contributed by atoms with Crippen LogP contribution in [0.4, 0.5) is 24.5 Å². The number of halogens is 3. The van der Waals surface area contributed by atoms with Crippen LogP contribution < -0.4 is 20.9 Å². The zero-order valence-corrected chi connectivity index (χ0v) is 37.0. The van der Waals surface area contributed by atoms with E-state index in [-0.39, 0.29) is 50.0 Å². The van der Waals surface area contributed by atoms with E-state index < -0.39 is 23.6 Å². The molecule has 0 atom stereocenters. The molecule has 18 heteroatoms. The van der Waals surface area contributed by atoms with Gasteiger partial charge in [0.25, 0.3) is 11.8 Å². The van der Waals surface area contributed by atoms with Gasteiger partial charge in [0.1, 0.15) is 0 Å². The summed E-state index contributed by atoms with van der Waals surface area (Å²) in [5.41, 5.74) is 3.71. The molecule has 3 aromatic carbocycles. The number of pyridine rings is 1. The predicted octanol–water partition coefficient (Wildman–Crippen LogP) is 7.22. The number of nitrogens with zero attached hydrogens (tertiary/aromatic N) is 2. The molecule has 5 rings (SSSR count). The van der Waals surface area contributed by atoms with E-state index in [0.29, 0.717) is 85.8 Å². The lowest BCUT2D eigenvalue weighted by Crippen LogP contribution is -2.29. The fraction of sp³-hybridized carbons (Fsp3) is 0.426. The van der Waals surface area contributed by atoms with Gasteiger partial charge in [-0.15, -0.1) is 0 Å². The van der Waals surface area contributed by atoms with Crippen LogP contribution in [0, 0.1) is 0 Å². The number of nitrogens with one attached hydrogen (secondary N) is 3. The number of hydrogen-bond acceptors (Lipinski definition) is 11. The first-order chi connectivity index (χ1) is 31.5. The molecule has 1 aliphatic rings. The number of amides is 3. The van der Waals surface area contributed by atoms with Crippen LogP contribution >= 0.6 is 11.8 Å². The number of hydrogen-bond donors (Lipinski definition) is 4. The molecule has 4 aromatic rings. The van der Waals surface area contributed by atoms with Gasteiger partial charge < -0.3 is 44.9 Å². The summed E-state index contributed by atoms with van der Waals surface area (Å²) in [5.74, 6) is -0.532. The Morgan fingerprint density at radius 1 is 0.708 bits per heavy atom. The number of anilines is 2. The molecule has 0 radical (unpaired) electrons. The van der Waals surface area contributed by atoms with E-state index in [1.807, 2.05) is 36.4 Å². The van der Waals surface area contributed by atoms with Crippen molar-refractivity contribution in [3.05, 3.63) is 113 Å². The van der Waals surface area contributed by atoms with E-state index in [4.69, 9.17) is 24.1 Å². The van der Waals surface area contributed by atoms with Crippen LogP contribution in [0.2, 0.25) is 0 Å². The molecular weight excluding hydrogens is 868 g/mol. The highest BCUT2D eigenvalue weighted by atomic mass is 32.2. The SMILES string of the molecule is O=C(O)CCOCCOCCOCCNC(=O)CCOCCSCc1cccc(C(=O)Nc2ccc(N3CCCCC3)cc2-c2cc(C(=O)NCc3cccc(C(F)(F)F)c3)ccn2)c1. The van der Waals surface area contributed by atoms with E-state index in [9.17, 15) is 32.3 Å². The number of aromatic nitrogens is 1. The van der Waals surface area contributed by atoms with Gasteiger partial charge in [-0.1, -0.05) is 24.3 Å². The van der Waals surface area contributed by atoms with Crippen LogP contribution in [0.5, 0.6) is 0 Å². The first kappa shape index (κ1) is 50.5. The van der Waals surface area contributed by atoms with E-state index in [0.717, 1.165) is 55.7 Å². The summed E-state index contributed by atoms with van der Waals surface area (Å²) in [6.45, 7) is 4.63. The number of carbonyl (C=O) groups is 4. The number of carboxylic acid groups (broad SMARTS) is 1.